The first-order chi connectivity index (χ1) is 15.7. The van der Waals surface area contributed by atoms with E-state index in [1.807, 2.05) is 91.0 Å². The minimum atomic E-state index is -3.84. The van der Waals surface area contributed by atoms with Crippen LogP contribution in [0.25, 0.3) is 0 Å². The first kappa shape index (κ1) is 21.5. The van der Waals surface area contributed by atoms with E-state index in [-0.39, 0.29) is 0 Å². The van der Waals surface area contributed by atoms with Gasteiger partial charge in [-0.1, -0.05) is 66.7 Å². The summed E-state index contributed by atoms with van der Waals surface area (Å²) >= 11 is 0. The summed E-state index contributed by atoms with van der Waals surface area (Å²) in [7, 11) is -2.23. The van der Waals surface area contributed by atoms with Crippen molar-refractivity contribution in [3.05, 3.63) is 121 Å². The van der Waals surface area contributed by atoms with Crippen molar-refractivity contribution >= 4 is 13.3 Å². The molecule has 6 heteroatoms. The zero-order chi connectivity index (χ0) is 22.2. The lowest BCUT2D eigenvalue weighted by atomic mass is 10.2. The Morgan fingerprint density at radius 2 is 1.09 bits per heavy atom. The molecular formula is C26H24NO4P. The van der Waals surface area contributed by atoms with Crippen LogP contribution in [0.2, 0.25) is 0 Å². The number of methoxy groups -OCH3 is 1. The minimum Gasteiger partial charge on any atom is -0.497 e. The van der Waals surface area contributed by atoms with E-state index in [0.717, 1.165) is 11.3 Å². The predicted octanol–water partition coefficient (Wildman–Crippen LogP) is 7.16. The zero-order valence-corrected chi connectivity index (χ0v) is 18.5. The van der Waals surface area contributed by atoms with E-state index in [0.29, 0.717) is 17.2 Å². The highest BCUT2D eigenvalue weighted by molar-refractivity contribution is 7.55. The highest BCUT2D eigenvalue weighted by atomic mass is 31.2. The fourth-order valence-corrected chi connectivity index (χ4v) is 5.13. The molecule has 0 unspecified atom stereocenters. The Morgan fingerprint density at radius 1 is 0.625 bits per heavy atom. The van der Waals surface area contributed by atoms with Gasteiger partial charge in [-0.25, -0.2) is 4.57 Å². The minimum absolute atomic E-state index is 0.458. The summed E-state index contributed by atoms with van der Waals surface area (Å²) in [4.78, 5) is 0. The van der Waals surface area contributed by atoms with Crippen LogP contribution in [0.3, 0.4) is 0 Å². The van der Waals surface area contributed by atoms with Gasteiger partial charge < -0.3 is 19.1 Å². The second-order valence-electron chi connectivity index (χ2n) is 7.03. The summed E-state index contributed by atoms with van der Waals surface area (Å²) < 4.78 is 31.9. The summed E-state index contributed by atoms with van der Waals surface area (Å²) in [5.74, 6) is 0.839. The number of hydrogen-bond donors (Lipinski definition) is 1. The van der Waals surface area contributed by atoms with Crippen LogP contribution < -0.4 is 19.1 Å². The fraction of sp³-hybridized carbons (Fsp3) is 0.0769. The number of anilines is 1. The number of hydrogen-bond acceptors (Lipinski definition) is 5. The monoisotopic (exact) mass is 445 g/mol. The molecular weight excluding hydrogens is 421 g/mol. The molecule has 4 rings (SSSR count). The molecule has 0 saturated heterocycles. The molecule has 0 fully saturated rings. The van der Waals surface area contributed by atoms with E-state index in [1.165, 1.54) is 0 Å². The van der Waals surface area contributed by atoms with Crippen LogP contribution in [-0.4, -0.2) is 7.11 Å². The highest BCUT2D eigenvalue weighted by Crippen LogP contribution is 2.60. The van der Waals surface area contributed by atoms with Gasteiger partial charge in [0.1, 0.15) is 17.2 Å². The number of rotatable bonds is 9. The van der Waals surface area contributed by atoms with Gasteiger partial charge >= 0.3 is 7.60 Å². The van der Waals surface area contributed by atoms with Crippen molar-refractivity contribution in [1.29, 1.82) is 0 Å². The van der Waals surface area contributed by atoms with Crippen molar-refractivity contribution in [3.8, 4) is 17.2 Å². The van der Waals surface area contributed by atoms with Crippen LogP contribution in [0.4, 0.5) is 5.69 Å². The molecule has 32 heavy (non-hydrogen) atoms. The third-order valence-electron chi connectivity index (χ3n) is 4.78. The maximum absolute atomic E-state index is 14.5. The normalized spacial score (nSPS) is 11.9. The van der Waals surface area contributed by atoms with Crippen molar-refractivity contribution in [2.45, 2.75) is 5.78 Å². The average molecular weight is 445 g/mol. The van der Waals surface area contributed by atoms with Crippen LogP contribution in [0.15, 0.2) is 115 Å². The molecule has 0 aliphatic heterocycles. The molecule has 0 aliphatic carbocycles. The first-order valence-corrected chi connectivity index (χ1v) is 11.8. The molecule has 0 bridgehead atoms. The van der Waals surface area contributed by atoms with Crippen molar-refractivity contribution in [1.82, 2.24) is 0 Å². The molecule has 0 aliphatic rings. The first-order valence-electron chi connectivity index (χ1n) is 10.2. The van der Waals surface area contributed by atoms with Gasteiger partial charge in [0, 0.05) is 5.69 Å². The van der Waals surface area contributed by atoms with Crippen molar-refractivity contribution < 1.29 is 18.3 Å². The van der Waals surface area contributed by atoms with Crippen molar-refractivity contribution in [2.24, 2.45) is 0 Å². The quantitative estimate of drug-likeness (QED) is 0.277. The number of ether oxygens (including phenoxy) is 1. The third-order valence-corrected chi connectivity index (χ3v) is 6.77. The van der Waals surface area contributed by atoms with Crippen LogP contribution >= 0.6 is 7.60 Å². The Bertz CT molecular complexity index is 1110. The van der Waals surface area contributed by atoms with Gasteiger partial charge in [-0.3, -0.25) is 0 Å². The lowest BCUT2D eigenvalue weighted by Crippen LogP contribution is -2.18. The molecule has 162 valence electrons. The van der Waals surface area contributed by atoms with Gasteiger partial charge in [0.15, 0.2) is 5.78 Å². The lowest BCUT2D eigenvalue weighted by Gasteiger charge is -2.29. The molecule has 0 saturated carbocycles. The Morgan fingerprint density at radius 3 is 1.56 bits per heavy atom. The Balaban J connectivity index is 1.79. The maximum Gasteiger partial charge on any atom is 0.457 e. The molecule has 0 heterocycles. The Labute approximate surface area is 188 Å². The summed E-state index contributed by atoms with van der Waals surface area (Å²) in [5, 5.41) is 3.36. The van der Waals surface area contributed by atoms with Crippen molar-refractivity contribution in [3.63, 3.8) is 0 Å². The summed E-state index contributed by atoms with van der Waals surface area (Å²) in [6, 6.07) is 35.0. The summed E-state index contributed by atoms with van der Waals surface area (Å²) in [5.41, 5.74) is 1.53. The van der Waals surface area contributed by atoms with E-state index in [2.05, 4.69) is 5.32 Å². The molecule has 1 N–H and O–H groups in total. The zero-order valence-electron chi connectivity index (χ0n) is 17.6. The molecule has 1 atom stereocenters. The van der Waals surface area contributed by atoms with E-state index in [9.17, 15) is 4.57 Å². The van der Waals surface area contributed by atoms with Gasteiger partial charge in [-0.15, -0.1) is 0 Å². The number of nitrogens with one attached hydrogen (secondary N) is 1. The summed E-state index contributed by atoms with van der Waals surface area (Å²) in [6.07, 6.45) is 0. The molecule has 4 aromatic rings. The van der Waals surface area contributed by atoms with E-state index >= 15 is 0 Å². The summed E-state index contributed by atoms with van der Waals surface area (Å²) in [6.45, 7) is 0. The Hall–Kier alpha value is -3.69. The standard InChI is InChI=1S/C26H24NO4P/c1-29-23-19-17-21(18-20-23)26(27-22-11-5-2-6-12-22)32(28,30-24-13-7-3-8-14-24)31-25-15-9-4-10-16-25/h2-20,26-27H,1H3/t26-/m1/s1. The molecule has 0 spiro atoms. The SMILES string of the molecule is COc1ccc([C@H](Nc2ccccc2)P(=O)(Oc2ccccc2)Oc2ccccc2)cc1. The molecule has 0 aromatic heterocycles. The van der Waals surface area contributed by atoms with Gasteiger partial charge in [0.05, 0.1) is 7.11 Å². The topological polar surface area (TPSA) is 56.8 Å². The smallest absolute Gasteiger partial charge is 0.457 e. The van der Waals surface area contributed by atoms with E-state index in [4.69, 9.17) is 13.8 Å². The number of benzene rings is 4. The van der Waals surface area contributed by atoms with E-state index < -0.39 is 13.4 Å². The lowest BCUT2D eigenvalue weighted by molar-refractivity contribution is 0.376. The van der Waals surface area contributed by atoms with Crippen LogP contribution in [-0.2, 0) is 4.57 Å². The largest absolute Gasteiger partial charge is 0.497 e. The van der Waals surface area contributed by atoms with Gasteiger partial charge in [-0.05, 0) is 54.1 Å². The molecule has 0 radical (unpaired) electrons. The van der Waals surface area contributed by atoms with Gasteiger partial charge in [0.2, 0.25) is 0 Å². The van der Waals surface area contributed by atoms with Crippen LogP contribution in [0.1, 0.15) is 11.3 Å². The molecule has 0 amide bonds. The Kier molecular flexibility index (Phi) is 6.78. The van der Waals surface area contributed by atoms with Crippen molar-refractivity contribution in [2.75, 3.05) is 12.4 Å². The predicted molar refractivity (Wildman–Crippen MR) is 128 cm³/mol. The molecule has 4 aromatic carbocycles. The van der Waals surface area contributed by atoms with Gasteiger partial charge in [-0.2, -0.15) is 0 Å². The second-order valence-corrected chi connectivity index (χ2v) is 9.00. The van der Waals surface area contributed by atoms with Crippen LogP contribution in [0, 0.1) is 0 Å². The van der Waals surface area contributed by atoms with E-state index in [1.54, 1.807) is 31.4 Å². The average Bonchev–Trinajstić information content (AvgIpc) is 2.84. The van der Waals surface area contributed by atoms with Crippen LogP contribution in [0.5, 0.6) is 17.2 Å². The van der Waals surface area contributed by atoms with Gasteiger partial charge in [0.25, 0.3) is 0 Å². The number of para-hydroxylation sites is 3. The highest BCUT2D eigenvalue weighted by Gasteiger charge is 2.41. The maximum atomic E-state index is 14.5. The second kappa shape index (κ2) is 10.1. The molecule has 5 nitrogen and oxygen atoms in total. The third kappa shape index (κ3) is 5.32. The fourth-order valence-electron chi connectivity index (χ4n) is 3.20.